The number of hydrogen-bond donors (Lipinski definition) is 1. The number of hydrogen-bond acceptors (Lipinski definition) is 8. The molecule has 142 valence electrons. The number of ether oxygens (including phenoxy) is 3. The van der Waals surface area contributed by atoms with Crippen LogP contribution in [0, 0.1) is 0 Å². The van der Waals surface area contributed by atoms with E-state index in [0.717, 1.165) is 12.8 Å². The summed E-state index contributed by atoms with van der Waals surface area (Å²) in [4.78, 5) is 38.7. The molecule has 8 nitrogen and oxygen atoms in total. The van der Waals surface area contributed by atoms with Crippen LogP contribution in [0.5, 0.6) is 11.5 Å². The summed E-state index contributed by atoms with van der Waals surface area (Å²) in [6.07, 6.45) is 0.670. The molecule has 0 amide bonds. The van der Waals surface area contributed by atoms with Crippen molar-refractivity contribution in [1.29, 1.82) is 0 Å². The van der Waals surface area contributed by atoms with Crippen molar-refractivity contribution in [2.75, 3.05) is 6.61 Å². The first-order chi connectivity index (χ1) is 13.0. The van der Waals surface area contributed by atoms with Crippen molar-refractivity contribution >= 4 is 18.1 Å². The van der Waals surface area contributed by atoms with Crippen LogP contribution < -0.4 is 15.4 Å². The minimum atomic E-state index is -1.07. The van der Waals surface area contributed by atoms with E-state index in [4.69, 9.17) is 14.2 Å². The predicted molar refractivity (Wildman–Crippen MR) is 94.3 cm³/mol. The lowest BCUT2D eigenvalue weighted by molar-refractivity contribution is 0.0499. The first-order valence-corrected chi connectivity index (χ1v) is 8.21. The minimum Gasteiger partial charge on any atom is -0.462 e. The Morgan fingerprint density at radius 2 is 1.33 bits per heavy atom. The average molecular weight is 373 g/mol. The number of carbonyl (C=O) groups excluding carboxylic acids is 3. The highest BCUT2D eigenvalue weighted by molar-refractivity contribution is 5.92. The molecular weight excluding hydrogens is 354 g/mol. The molecule has 0 unspecified atom stereocenters. The molecule has 0 aliphatic rings. The Labute approximate surface area is 155 Å². The molecule has 27 heavy (non-hydrogen) atoms. The van der Waals surface area contributed by atoms with E-state index in [0.29, 0.717) is 12.2 Å². The van der Waals surface area contributed by atoms with Crippen LogP contribution in [0.3, 0.4) is 0 Å². The molecule has 0 aliphatic carbocycles. The van der Waals surface area contributed by atoms with E-state index in [-0.39, 0.29) is 17.1 Å². The summed E-state index contributed by atoms with van der Waals surface area (Å²) in [5, 5.41) is 0. The first-order valence-electron chi connectivity index (χ1n) is 8.21. The number of nitrogens with two attached hydrogens (primary N) is 1. The fraction of sp³-hybridized carbons (Fsp3) is 0.211. The van der Waals surface area contributed by atoms with Crippen LogP contribution in [0.25, 0.3) is 0 Å². The zero-order valence-electron chi connectivity index (χ0n) is 14.7. The van der Waals surface area contributed by atoms with Crippen molar-refractivity contribution in [1.82, 2.24) is 0 Å². The van der Waals surface area contributed by atoms with Gasteiger partial charge in [0.1, 0.15) is 11.5 Å². The molecular formula is C19H19NO7. The lowest BCUT2D eigenvalue weighted by Crippen LogP contribution is -2.14. The van der Waals surface area contributed by atoms with Gasteiger partial charge in [-0.05, 0) is 55.0 Å². The smallest absolute Gasteiger partial charge is 0.462 e. The first kappa shape index (κ1) is 19.9. The van der Waals surface area contributed by atoms with Crippen molar-refractivity contribution in [2.24, 2.45) is 5.90 Å². The van der Waals surface area contributed by atoms with E-state index in [1.54, 1.807) is 0 Å². The van der Waals surface area contributed by atoms with Gasteiger partial charge < -0.3 is 19.0 Å². The van der Waals surface area contributed by atoms with E-state index in [2.05, 4.69) is 10.7 Å². The molecule has 8 heteroatoms. The van der Waals surface area contributed by atoms with Gasteiger partial charge in [-0.2, -0.15) is 5.90 Å². The van der Waals surface area contributed by atoms with E-state index in [1.807, 2.05) is 6.92 Å². The monoisotopic (exact) mass is 373 g/mol. The van der Waals surface area contributed by atoms with Crippen LogP contribution in [-0.2, 0) is 9.57 Å². The third kappa shape index (κ3) is 6.12. The number of unbranched alkanes of at least 4 members (excludes halogenated alkanes) is 1. The van der Waals surface area contributed by atoms with Crippen LogP contribution in [0.4, 0.5) is 4.79 Å². The van der Waals surface area contributed by atoms with Crippen molar-refractivity contribution in [3.63, 3.8) is 0 Å². The lowest BCUT2D eigenvalue weighted by Gasteiger charge is -2.07. The van der Waals surface area contributed by atoms with Gasteiger partial charge >= 0.3 is 18.1 Å². The molecule has 0 saturated heterocycles. The maximum Gasteiger partial charge on any atom is 0.533 e. The van der Waals surface area contributed by atoms with Crippen molar-refractivity contribution < 1.29 is 33.4 Å². The molecule has 0 fully saturated rings. The summed E-state index contributed by atoms with van der Waals surface area (Å²) >= 11 is 0. The molecule has 0 heterocycles. The van der Waals surface area contributed by atoms with Gasteiger partial charge in [-0.25, -0.2) is 14.4 Å². The fourth-order valence-corrected chi connectivity index (χ4v) is 2.00. The average Bonchev–Trinajstić information content (AvgIpc) is 2.69. The molecule has 2 aromatic carbocycles. The van der Waals surface area contributed by atoms with Crippen LogP contribution in [0.2, 0.25) is 0 Å². The maximum atomic E-state index is 12.1. The Bertz CT molecular complexity index is 785. The summed E-state index contributed by atoms with van der Waals surface area (Å²) in [5.41, 5.74) is 0.616. The van der Waals surface area contributed by atoms with Crippen molar-refractivity contribution in [3.05, 3.63) is 59.7 Å². The molecule has 0 radical (unpaired) electrons. The van der Waals surface area contributed by atoms with Crippen LogP contribution in [0.1, 0.15) is 40.5 Å². The van der Waals surface area contributed by atoms with Crippen molar-refractivity contribution in [3.8, 4) is 11.5 Å². The van der Waals surface area contributed by atoms with Gasteiger partial charge in [0.2, 0.25) is 0 Å². The molecule has 0 aliphatic heterocycles. The molecule has 0 bridgehead atoms. The van der Waals surface area contributed by atoms with E-state index >= 15 is 0 Å². The van der Waals surface area contributed by atoms with Gasteiger partial charge in [-0.3, -0.25) is 0 Å². The largest absolute Gasteiger partial charge is 0.533 e. The number of rotatable bonds is 7. The summed E-state index contributed by atoms with van der Waals surface area (Å²) in [7, 11) is 0. The Balaban J connectivity index is 1.93. The summed E-state index contributed by atoms with van der Waals surface area (Å²) in [6.45, 7) is 2.38. The Kier molecular flexibility index (Phi) is 7.33. The topological polar surface area (TPSA) is 114 Å². The number of esters is 2. The van der Waals surface area contributed by atoms with E-state index in [1.165, 1.54) is 48.5 Å². The predicted octanol–water partition coefficient (Wildman–Crippen LogP) is 3.25. The van der Waals surface area contributed by atoms with Gasteiger partial charge in [-0.1, -0.05) is 13.3 Å². The van der Waals surface area contributed by atoms with Gasteiger partial charge in [-0.15, -0.1) is 0 Å². The molecule has 0 atom stereocenters. The van der Waals surface area contributed by atoms with Crippen LogP contribution in [-0.4, -0.2) is 24.7 Å². The highest BCUT2D eigenvalue weighted by Crippen LogP contribution is 2.17. The van der Waals surface area contributed by atoms with Crippen molar-refractivity contribution in [2.45, 2.75) is 19.8 Å². The Morgan fingerprint density at radius 3 is 1.85 bits per heavy atom. The van der Waals surface area contributed by atoms with E-state index < -0.39 is 18.1 Å². The second-order valence-electron chi connectivity index (χ2n) is 5.40. The summed E-state index contributed by atoms with van der Waals surface area (Å²) < 4.78 is 15.0. The minimum absolute atomic E-state index is 0.160. The maximum absolute atomic E-state index is 12.1. The van der Waals surface area contributed by atoms with Gasteiger partial charge in [0.05, 0.1) is 17.7 Å². The summed E-state index contributed by atoms with van der Waals surface area (Å²) in [6, 6.07) is 11.7. The second kappa shape index (κ2) is 9.93. The van der Waals surface area contributed by atoms with E-state index in [9.17, 15) is 14.4 Å². The molecule has 0 spiro atoms. The molecule has 0 saturated carbocycles. The van der Waals surface area contributed by atoms with Gasteiger partial charge in [0, 0.05) is 0 Å². The standard InChI is InChI=1S/C19H19NO7/c1-2-3-12-24-17(21)13-4-8-15(9-5-13)25-18(22)14-6-10-16(11-7-14)26-19(23)27-20/h4-11H,2-3,12,20H2,1H3. The molecule has 2 rings (SSSR count). The zero-order chi connectivity index (χ0) is 19.6. The Morgan fingerprint density at radius 1 is 0.815 bits per heavy atom. The molecule has 0 aromatic heterocycles. The van der Waals surface area contributed by atoms with Gasteiger partial charge in [0.15, 0.2) is 0 Å². The highest BCUT2D eigenvalue weighted by atomic mass is 16.8. The van der Waals surface area contributed by atoms with Gasteiger partial charge in [0.25, 0.3) is 0 Å². The highest BCUT2D eigenvalue weighted by Gasteiger charge is 2.12. The van der Waals surface area contributed by atoms with Crippen LogP contribution >= 0.6 is 0 Å². The summed E-state index contributed by atoms with van der Waals surface area (Å²) in [5.74, 6) is 4.07. The zero-order valence-corrected chi connectivity index (χ0v) is 14.7. The fourth-order valence-electron chi connectivity index (χ4n) is 2.00. The van der Waals surface area contributed by atoms with Crippen LogP contribution in [0.15, 0.2) is 48.5 Å². The lowest BCUT2D eigenvalue weighted by atomic mass is 10.2. The normalized spacial score (nSPS) is 10.0. The Hall–Kier alpha value is -3.39. The second-order valence-corrected chi connectivity index (χ2v) is 5.40. The number of benzene rings is 2. The molecule has 2 N–H and O–H groups in total. The third-order valence-corrected chi connectivity index (χ3v) is 3.42. The SMILES string of the molecule is CCCCOC(=O)c1ccc(OC(=O)c2ccc(OC(=O)ON)cc2)cc1. The quantitative estimate of drug-likeness (QED) is 0.259. The number of carbonyl (C=O) groups is 3. The molecule has 2 aromatic rings. The third-order valence-electron chi connectivity index (χ3n) is 3.42.